The molecule has 0 saturated heterocycles. The highest BCUT2D eigenvalue weighted by Gasteiger charge is 2.43. The highest BCUT2D eigenvalue weighted by atomic mass is 17.1. The third kappa shape index (κ3) is 1.07. The van der Waals surface area contributed by atoms with Crippen LogP contribution in [-0.2, 0) is 4.89 Å². The fourth-order valence-corrected chi connectivity index (χ4v) is 2.22. The van der Waals surface area contributed by atoms with Gasteiger partial charge in [0.2, 0.25) is 5.72 Å². The SMILES string of the molecule is OO[C@]12CC=CC=C1c1ccccc1N2. The van der Waals surface area contributed by atoms with Crippen LogP contribution in [0.1, 0.15) is 12.0 Å². The first kappa shape index (κ1) is 8.71. The number of nitrogens with one attached hydrogen (secondary N) is 1. The van der Waals surface area contributed by atoms with Crippen LogP contribution in [0.5, 0.6) is 0 Å². The second-order valence-electron chi connectivity index (χ2n) is 3.80. The topological polar surface area (TPSA) is 41.5 Å². The average Bonchev–Trinajstić information content (AvgIpc) is 2.64. The van der Waals surface area contributed by atoms with E-state index in [2.05, 4.69) is 10.2 Å². The summed E-state index contributed by atoms with van der Waals surface area (Å²) in [5.74, 6) is 0. The fourth-order valence-electron chi connectivity index (χ4n) is 2.22. The van der Waals surface area contributed by atoms with Crippen molar-refractivity contribution in [1.82, 2.24) is 0 Å². The van der Waals surface area contributed by atoms with Gasteiger partial charge < -0.3 is 5.32 Å². The number of anilines is 1. The second kappa shape index (κ2) is 2.95. The summed E-state index contributed by atoms with van der Waals surface area (Å²) in [5.41, 5.74) is 2.30. The number of benzene rings is 1. The number of fused-ring (bicyclic) bond motifs is 3. The summed E-state index contributed by atoms with van der Waals surface area (Å²) in [6, 6.07) is 7.94. The van der Waals surface area contributed by atoms with Crippen LogP contribution in [-0.4, -0.2) is 11.0 Å². The van der Waals surface area contributed by atoms with Crippen LogP contribution in [0, 0.1) is 0 Å². The van der Waals surface area contributed by atoms with Gasteiger partial charge in [-0.05, 0) is 6.07 Å². The largest absolute Gasteiger partial charge is 0.351 e. The van der Waals surface area contributed by atoms with E-state index in [1.54, 1.807) is 0 Å². The van der Waals surface area contributed by atoms with E-state index in [9.17, 15) is 0 Å². The summed E-state index contributed by atoms with van der Waals surface area (Å²) in [6.07, 6.45) is 6.55. The minimum Gasteiger partial charge on any atom is -0.351 e. The molecule has 1 aliphatic carbocycles. The molecule has 0 fully saturated rings. The van der Waals surface area contributed by atoms with Gasteiger partial charge in [-0.2, -0.15) is 0 Å². The van der Waals surface area contributed by atoms with Gasteiger partial charge in [0.1, 0.15) is 0 Å². The third-order valence-corrected chi connectivity index (χ3v) is 2.95. The predicted molar refractivity (Wildman–Crippen MR) is 58.2 cm³/mol. The normalized spacial score (nSPS) is 26.6. The standard InChI is InChI=1S/C12H11NO2/c14-15-12-8-4-3-6-10(12)9-5-1-2-7-11(9)13-12/h1-7,13-14H,8H2/t12-/m1/s1. The van der Waals surface area contributed by atoms with Gasteiger partial charge in [0.25, 0.3) is 0 Å². The molecule has 3 rings (SSSR count). The Morgan fingerprint density at radius 2 is 2.20 bits per heavy atom. The minimum atomic E-state index is -0.779. The van der Waals surface area contributed by atoms with Crippen molar-refractivity contribution >= 4 is 11.3 Å². The maximum Gasteiger partial charge on any atom is 0.202 e. The van der Waals surface area contributed by atoms with E-state index in [-0.39, 0.29) is 0 Å². The zero-order valence-electron chi connectivity index (χ0n) is 8.10. The smallest absolute Gasteiger partial charge is 0.202 e. The van der Waals surface area contributed by atoms with Crippen molar-refractivity contribution < 1.29 is 10.1 Å². The lowest BCUT2D eigenvalue weighted by Crippen LogP contribution is -2.37. The molecule has 0 unspecified atom stereocenters. The molecule has 2 N–H and O–H groups in total. The number of hydrogen-bond acceptors (Lipinski definition) is 3. The van der Waals surface area contributed by atoms with Gasteiger partial charge in [-0.15, -0.1) is 0 Å². The highest BCUT2D eigenvalue weighted by molar-refractivity contribution is 5.90. The van der Waals surface area contributed by atoms with Crippen LogP contribution >= 0.6 is 0 Å². The molecule has 1 aromatic carbocycles. The van der Waals surface area contributed by atoms with Crippen molar-refractivity contribution in [3.63, 3.8) is 0 Å². The van der Waals surface area contributed by atoms with E-state index in [1.165, 1.54) is 0 Å². The zero-order chi connectivity index (χ0) is 10.3. The van der Waals surface area contributed by atoms with E-state index in [4.69, 9.17) is 5.26 Å². The van der Waals surface area contributed by atoms with E-state index in [1.807, 2.05) is 42.5 Å². The Balaban J connectivity index is 2.19. The fraction of sp³-hybridized carbons (Fsp3) is 0.167. The average molecular weight is 201 g/mol. The summed E-state index contributed by atoms with van der Waals surface area (Å²) in [6.45, 7) is 0. The van der Waals surface area contributed by atoms with E-state index < -0.39 is 5.72 Å². The quantitative estimate of drug-likeness (QED) is 0.542. The number of para-hydroxylation sites is 1. The van der Waals surface area contributed by atoms with Crippen molar-refractivity contribution in [3.8, 4) is 0 Å². The molecule has 15 heavy (non-hydrogen) atoms. The Hall–Kier alpha value is -1.58. The maximum atomic E-state index is 9.09. The molecule has 76 valence electrons. The maximum absolute atomic E-state index is 9.09. The lowest BCUT2D eigenvalue weighted by Gasteiger charge is -2.28. The van der Waals surface area contributed by atoms with Gasteiger partial charge in [-0.3, -0.25) is 0 Å². The molecule has 2 aliphatic rings. The number of rotatable bonds is 1. The second-order valence-corrected chi connectivity index (χ2v) is 3.80. The molecule has 0 amide bonds. The summed E-state index contributed by atoms with van der Waals surface area (Å²) < 4.78 is 0. The van der Waals surface area contributed by atoms with Gasteiger partial charge >= 0.3 is 0 Å². The minimum absolute atomic E-state index is 0.629. The number of allylic oxidation sites excluding steroid dienone is 2. The van der Waals surface area contributed by atoms with Crippen LogP contribution in [0.15, 0.2) is 42.5 Å². The van der Waals surface area contributed by atoms with Crippen LogP contribution in [0.4, 0.5) is 5.69 Å². The Morgan fingerprint density at radius 1 is 1.33 bits per heavy atom. The Kier molecular flexibility index (Phi) is 1.71. The molecule has 1 heterocycles. The van der Waals surface area contributed by atoms with E-state index in [0.29, 0.717) is 6.42 Å². The molecular weight excluding hydrogens is 190 g/mol. The molecule has 1 atom stereocenters. The van der Waals surface area contributed by atoms with Crippen molar-refractivity contribution in [2.24, 2.45) is 0 Å². The monoisotopic (exact) mass is 201 g/mol. The van der Waals surface area contributed by atoms with Gasteiger partial charge in [-0.25, -0.2) is 10.1 Å². The van der Waals surface area contributed by atoms with Crippen LogP contribution in [0.2, 0.25) is 0 Å². The Morgan fingerprint density at radius 3 is 3.07 bits per heavy atom. The lowest BCUT2D eigenvalue weighted by atomic mass is 9.93. The molecular formula is C12H11NO2. The number of hydrogen-bond donors (Lipinski definition) is 2. The molecule has 3 nitrogen and oxygen atoms in total. The molecule has 3 heteroatoms. The van der Waals surface area contributed by atoms with Gasteiger partial charge in [-0.1, -0.05) is 36.4 Å². The third-order valence-electron chi connectivity index (χ3n) is 2.95. The van der Waals surface area contributed by atoms with Crippen molar-refractivity contribution in [1.29, 1.82) is 0 Å². The van der Waals surface area contributed by atoms with Gasteiger partial charge in [0.05, 0.1) is 0 Å². The first-order valence-electron chi connectivity index (χ1n) is 4.93. The van der Waals surface area contributed by atoms with Crippen molar-refractivity contribution in [3.05, 3.63) is 48.1 Å². The van der Waals surface area contributed by atoms with Gasteiger partial charge in [0.15, 0.2) is 0 Å². The van der Waals surface area contributed by atoms with E-state index in [0.717, 1.165) is 16.8 Å². The molecule has 1 aromatic rings. The van der Waals surface area contributed by atoms with Crippen molar-refractivity contribution in [2.45, 2.75) is 12.1 Å². The summed E-state index contributed by atoms with van der Waals surface area (Å²) in [5, 5.41) is 12.3. The van der Waals surface area contributed by atoms with E-state index >= 15 is 0 Å². The first-order chi connectivity index (χ1) is 7.36. The van der Waals surface area contributed by atoms with Crippen LogP contribution < -0.4 is 5.32 Å². The molecule has 0 bridgehead atoms. The summed E-state index contributed by atoms with van der Waals surface area (Å²) >= 11 is 0. The zero-order valence-corrected chi connectivity index (χ0v) is 8.10. The Bertz CT molecular complexity index is 464. The first-order valence-corrected chi connectivity index (χ1v) is 4.93. The van der Waals surface area contributed by atoms with Gasteiger partial charge in [0, 0.05) is 23.2 Å². The Labute approximate surface area is 87.6 Å². The molecule has 0 spiro atoms. The van der Waals surface area contributed by atoms with Crippen molar-refractivity contribution in [2.75, 3.05) is 5.32 Å². The van der Waals surface area contributed by atoms with Crippen LogP contribution in [0.3, 0.4) is 0 Å². The lowest BCUT2D eigenvalue weighted by molar-refractivity contribution is -0.293. The molecule has 0 saturated carbocycles. The highest BCUT2D eigenvalue weighted by Crippen LogP contribution is 2.45. The summed E-state index contributed by atoms with van der Waals surface area (Å²) in [7, 11) is 0. The molecule has 0 aromatic heterocycles. The molecule has 1 aliphatic heterocycles. The van der Waals surface area contributed by atoms with Crippen LogP contribution in [0.25, 0.3) is 5.57 Å². The molecule has 0 radical (unpaired) electrons. The summed E-state index contributed by atoms with van der Waals surface area (Å²) in [4.78, 5) is 4.65. The predicted octanol–water partition coefficient (Wildman–Crippen LogP) is 2.64.